The van der Waals surface area contributed by atoms with Gasteiger partial charge in [-0.3, -0.25) is 0 Å². The third kappa shape index (κ3) is 6.23. The van der Waals surface area contributed by atoms with E-state index in [0.717, 1.165) is 31.5 Å². The van der Waals surface area contributed by atoms with Gasteiger partial charge < -0.3 is 10.6 Å². The Morgan fingerprint density at radius 3 is 2.25 bits per heavy atom. The number of hydrogen-bond acceptors (Lipinski definition) is 3. The third-order valence-corrected chi connectivity index (χ3v) is 6.04. The summed E-state index contributed by atoms with van der Waals surface area (Å²) in [5.74, 6) is 0.448. The van der Waals surface area contributed by atoms with Crippen molar-refractivity contribution in [3.63, 3.8) is 0 Å². The van der Waals surface area contributed by atoms with Crippen LogP contribution in [0.5, 0.6) is 0 Å². The summed E-state index contributed by atoms with van der Waals surface area (Å²) < 4.78 is 24.9. The highest BCUT2D eigenvalue weighted by molar-refractivity contribution is 14.0. The van der Waals surface area contributed by atoms with Gasteiger partial charge >= 0.3 is 0 Å². The van der Waals surface area contributed by atoms with E-state index in [1.807, 2.05) is 19.1 Å². The van der Waals surface area contributed by atoms with E-state index < -0.39 is 9.84 Å². The second kappa shape index (κ2) is 9.60. The molecule has 2 N–H and O–H groups in total. The molecule has 1 fully saturated rings. The third-order valence-electron chi connectivity index (χ3n) is 4.12. The Balaban J connectivity index is 0.00000288. The molecule has 0 aliphatic carbocycles. The van der Waals surface area contributed by atoms with Crippen LogP contribution < -0.4 is 5.73 Å². The van der Waals surface area contributed by atoms with Crippen molar-refractivity contribution in [2.24, 2.45) is 10.7 Å². The zero-order valence-electron chi connectivity index (χ0n) is 14.4. The van der Waals surface area contributed by atoms with Crippen molar-refractivity contribution in [2.45, 2.75) is 50.5 Å². The lowest BCUT2D eigenvalue weighted by atomic mass is 10.2. The molecule has 136 valence electrons. The maximum atomic E-state index is 12.4. The van der Waals surface area contributed by atoms with E-state index in [1.165, 1.54) is 12.8 Å². The van der Waals surface area contributed by atoms with Crippen LogP contribution >= 0.6 is 24.0 Å². The van der Waals surface area contributed by atoms with Crippen molar-refractivity contribution < 1.29 is 8.42 Å². The van der Waals surface area contributed by atoms with Gasteiger partial charge in [0.05, 0.1) is 16.7 Å². The van der Waals surface area contributed by atoms with Crippen molar-refractivity contribution in [1.29, 1.82) is 0 Å². The topological polar surface area (TPSA) is 75.8 Å². The van der Waals surface area contributed by atoms with Crippen LogP contribution in [0, 0.1) is 6.92 Å². The average molecular weight is 465 g/mol. The standard InChI is InChI=1S/C17H27N3O2S.HI/c1-14-7-9-16(10-8-14)23(21,22)13-15(2)19-17(18)20-11-5-3-4-6-12-20;/h7-10,15H,3-6,11-13H2,1-2H3,(H2,18,19);1H. The first kappa shape index (κ1) is 21.2. The molecule has 0 amide bonds. The molecule has 0 spiro atoms. The fraction of sp³-hybridized carbons (Fsp3) is 0.588. The van der Waals surface area contributed by atoms with Crippen LogP contribution in [0.15, 0.2) is 34.2 Å². The molecule has 5 nitrogen and oxygen atoms in total. The second-order valence-corrected chi connectivity index (χ2v) is 8.37. The first-order chi connectivity index (χ1) is 10.9. The number of rotatable bonds is 4. The van der Waals surface area contributed by atoms with E-state index in [-0.39, 0.29) is 35.8 Å². The van der Waals surface area contributed by atoms with Gasteiger partial charge in [-0.2, -0.15) is 0 Å². The first-order valence-electron chi connectivity index (χ1n) is 8.26. The van der Waals surface area contributed by atoms with Crippen LogP contribution in [0.1, 0.15) is 38.2 Å². The molecule has 7 heteroatoms. The maximum Gasteiger partial charge on any atom is 0.191 e. The van der Waals surface area contributed by atoms with Crippen molar-refractivity contribution >= 4 is 39.8 Å². The van der Waals surface area contributed by atoms with Gasteiger partial charge in [0.25, 0.3) is 0 Å². The Kier molecular flexibility index (Phi) is 8.49. The maximum absolute atomic E-state index is 12.4. The zero-order valence-corrected chi connectivity index (χ0v) is 17.6. The van der Waals surface area contributed by atoms with E-state index in [2.05, 4.69) is 9.89 Å². The summed E-state index contributed by atoms with van der Waals surface area (Å²) in [4.78, 5) is 6.83. The van der Waals surface area contributed by atoms with E-state index in [9.17, 15) is 8.42 Å². The molecule has 0 bridgehead atoms. The van der Waals surface area contributed by atoms with Crippen LogP contribution in [0.3, 0.4) is 0 Å². The fourth-order valence-corrected chi connectivity index (χ4v) is 4.26. The summed E-state index contributed by atoms with van der Waals surface area (Å²) >= 11 is 0. The van der Waals surface area contributed by atoms with E-state index in [4.69, 9.17) is 5.73 Å². The fourth-order valence-electron chi connectivity index (χ4n) is 2.80. The Morgan fingerprint density at radius 1 is 1.17 bits per heavy atom. The number of hydrogen-bond donors (Lipinski definition) is 1. The normalized spacial score (nSPS) is 17.8. The zero-order chi connectivity index (χ0) is 16.9. The Hall–Kier alpha value is -0.830. The van der Waals surface area contributed by atoms with E-state index >= 15 is 0 Å². The number of aryl methyl sites for hydroxylation is 1. The Labute approximate surface area is 162 Å². The highest BCUT2D eigenvalue weighted by Crippen LogP contribution is 2.15. The second-order valence-electron chi connectivity index (χ2n) is 6.33. The van der Waals surface area contributed by atoms with Gasteiger partial charge in [-0.05, 0) is 38.8 Å². The van der Waals surface area contributed by atoms with Gasteiger partial charge in [0.2, 0.25) is 0 Å². The Morgan fingerprint density at radius 2 is 1.71 bits per heavy atom. The van der Waals surface area contributed by atoms with Gasteiger partial charge in [0, 0.05) is 13.1 Å². The molecular formula is C17H28IN3O2S. The van der Waals surface area contributed by atoms with Crippen LogP contribution in [-0.2, 0) is 9.84 Å². The minimum Gasteiger partial charge on any atom is -0.370 e. The van der Waals surface area contributed by atoms with Gasteiger partial charge in [0.15, 0.2) is 15.8 Å². The van der Waals surface area contributed by atoms with Crippen molar-refractivity contribution in [1.82, 2.24) is 4.90 Å². The summed E-state index contributed by atoms with van der Waals surface area (Å²) in [6, 6.07) is 6.57. The minimum atomic E-state index is -3.34. The highest BCUT2D eigenvalue weighted by atomic mass is 127. The molecule has 0 radical (unpaired) electrons. The van der Waals surface area contributed by atoms with Crippen LogP contribution in [-0.4, -0.2) is 44.2 Å². The van der Waals surface area contributed by atoms with Crippen LogP contribution in [0.2, 0.25) is 0 Å². The number of likely N-dealkylation sites (tertiary alicyclic amines) is 1. The summed E-state index contributed by atoms with van der Waals surface area (Å²) in [5, 5.41) is 0. The molecular weight excluding hydrogens is 437 g/mol. The monoisotopic (exact) mass is 465 g/mol. The largest absolute Gasteiger partial charge is 0.370 e. The van der Waals surface area contributed by atoms with Crippen molar-refractivity contribution in [3.05, 3.63) is 29.8 Å². The molecule has 0 saturated carbocycles. The number of aliphatic imine (C=N–C) groups is 1. The summed E-state index contributed by atoms with van der Waals surface area (Å²) in [7, 11) is -3.34. The lowest BCUT2D eigenvalue weighted by Crippen LogP contribution is -2.39. The quantitative estimate of drug-likeness (QED) is 0.422. The SMILES string of the molecule is Cc1ccc(S(=O)(=O)CC(C)N=C(N)N2CCCCCC2)cc1.I. The number of nitrogens with zero attached hydrogens (tertiary/aromatic N) is 2. The molecule has 1 aromatic rings. The van der Waals surface area contributed by atoms with Crippen molar-refractivity contribution in [3.8, 4) is 0 Å². The van der Waals surface area contributed by atoms with Gasteiger partial charge in [-0.15, -0.1) is 24.0 Å². The first-order valence-corrected chi connectivity index (χ1v) is 9.91. The average Bonchev–Trinajstić information content (AvgIpc) is 2.76. The molecule has 1 saturated heterocycles. The minimum absolute atomic E-state index is 0. The molecule has 0 aromatic heterocycles. The highest BCUT2D eigenvalue weighted by Gasteiger charge is 2.19. The predicted molar refractivity (Wildman–Crippen MR) is 110 cm³/mol. The molecule has 1 aliphatic rings. The van der Waals surface area contributed by atoms with Gasteiger partial charge in [-0.25, -0.2) is 13.4 Å². The number of halogens is 1. The molecule has 1 heterocycles. The summed E-state index contributed by atoms with van der Waals surface area (Å²) in [5.41, 5.74) is 7.12. The number of benzene rings is 1. The van der Waals surface area contributed by atoms with Crippen LogP contribution in [0.4, 0.5) is 0 Å². The number of guanidine groups is 1. The van der Waals surface area contributed by atoms with E-state index in [0.29, 0.717) is 10.9 Å². The molecule has 24 heavy (non-hydrogen) atoms. The molecule has 1 atom stereocenters. The predicted octanol–water partition coefficient (Wildman–Crippen LogP) is 2.97. The smallest absolute Gasteiger partial charge is 0.191 e. The number of sulfone groups is 1. The van der Waals surface area contributed by atoms with Gasteiger partial charge in [0.1, 0.15) is 0 Å². The van der Waals surface area contributed by atoms with Crippen molar-refractivity contribution in [2.75, 3.05) is 18.8 Å². The van der Waals surface area contributed by atoms with Gasteiger partial charge in [-0.1, -0.05) is 30.5 Å². The molecule has 1 aliphatic heterocycles. The lowest BCUT2D eigenvalue weighted by Gasteiger charge is -2.22. The molecule has 1 unspecified atom stereocenters. The lowest BCUT2D eigenvalue weighted by molar-refractivity contribution is 0.427. The summed E-state index contributed by atoms with van der Waals surface area (Å²) in [6.07, 6.45) is 4.68. The Bertz CT molecular complexity index is 636. The molecule has 2 rings (SSSR count). The van der Waals surface area contributed by atoms with Crippen LogP contribution in [0.25, 0.3) is 0 Å². The van der Waals surface area contributed by atoms with E-state index in [1.54, 1.807) is 19.1 Å². The summed E-state index contributed by atoms with van der Waals surface area (Å²) in [6.45, 7) is 5.56. The number of nitrogens with two attached hydrogens (primary N) is 1. The molecule has 1 aromatic carbocycles.